The van der Waals surface area contributed by atoms with Crippen LogP contribution in [0.2, 0.25) is 0 Å². The fraction of sp³-hybridized carbons (Fsp3) is 0.333. The first-order valence-corrected chi connectivity index (χ1v) is 4.67. The van der Waals surface area contributed by atoms with Crippen LogP contribution in [-0.4, -0.2) is 18.3 Å². The predicted molar refractivity (Wildman–Crippen MR) is 55.2 cm³/mol. The molecule has 0 saturated heterocycles. The Morgan fingerprint density at radius 1 is 1.44 bits per heavy atom. The van der Waals surface area contributed by atoms with E-state index in [1.165, 1.54) is 12.1 Å². The predicted octanol–water partition coefficient (Wildman–Crippen LogP) is 0.282. The molecule has 1 aromatic rings. The minimum atomic E-state index is -0.588. The van der Waals surface area contributed by atoms with Crippen LogP contribution < -0.4 is 20.9 Å². The lowest BCUT2D eigenvalue weighted by atomic mass is 10.0. The molecule has 0 radical (unpaired) electrons. The normalized spacial score (nSPS) is 14.9. The van der Waals surface area contributed by atoms with Crippen molar-refractivity contribution < 1.29 is 14.4 Å². The van der Waals surface area contributed by atoms with Gasteiger partial charge in [-0.05, 0) is 6.07 Å². The van der Waals surface area contributed by atoms with Gasteiger partial charge in [0.1, 0.15) is 0 Å². The van der Waals surface area contributed by atoms with Gasteiger partial charge in [-0.15, -0.1) is 0 Å². The summed E-state index contributed by atoms with van der Waals surface area (Å²) in [5, 5.41) is 10.9. The zero-order chi connectivity index (χ0) is 11.7. The molecule has 86 valence electrons. The van der Waals surface area contributed by atoms with Crippen molar-refractivity contribution in [3.05, 3.63) is 27.8 Å². The van der Waals surface area contributed by atoms with Gasteiger partial charge in [-0.3, -0.25) is 10.1 Å². The van der Waals surface area contributed by atoms with E-state index < -0.39 is 11.0 Å². The maximum Gasteiger partial charge on any atom is 0.278 e. The Balaban J connectivity index is 2.53. The second-order valence-corrected chi connectivity index (χ2v) is 3.36. The summed E-state index contributed by atoms with van der Waals surface area (Å²) in [6.45, 7) is 0.189. The lowest BCUT2D eigenvalue weighted by molar-refractivity contribution is -0.385. The van der Waals surface area contributed by atoms with E-state index in [0.717, 1.165) is 0 Å². The van der Waals surface area contributed by atoms with Crippen LogP contribution in [0.3, 0.4) is 0 Å². The molecular weight excluding hydrogens is 214 g/mol. The molecule has 1 aromatic carbocycles. The molecule has 1 atom stereocenters. The molecule has 0 fully saturated rings. The van der Waals surface area contributed by atoms with Gasteiger partial charge in [0.2, 0.25) is 6.79 Å². The highest BCUT2D eigenvalue weighted by molar-refractivity contribution is 5.56. The minimum absolute atomic E-state index is 0.0633. The van der Waals surface area contributed by atoms with E-state index in [9.17, 15) is 10.1 Å². The fourth-order valence-electron chi connectivity index (χ4n) is 1.53. The third kappa shape index (κ3) is 1.66. The standard InChI is InChI=1S/C9H11N3O4/c10-3-6(11)5-1-8-9(16-4-15-8)2-7(5)12(13)14/h1-2,6H,3-4,10-11H2/t6-/m1/s1. The smallest absolute Gasteiger partial charge is 0.278 e. The molecule has 1 aliphatic rings. The van der Waals surface area contributed by atoms with Crippen molar-refractivity contribution in [3.63, 3.8) is 0 Å². The molecule has 1 heterocycles. The molecule has 0 amide bonds. The largest absolute Gasteiger partial charge is 0.454 e. The first-order valence-electron chi connectivity index (χ1n) is 4.67. The number of fused-ring (bicyclic) bond motifs is 1. The van der Waals surface area contributed by atoms with Gasteiger partial charge in [0.05, 0.1) is 16.6 Å². The van der Waals surface area contributed by atoms with E-state index in [0.29, 0.717) is 17.1 Å². The van der Waals surface area contributed by atoms with Crippen molar-refractivity contribution in [3.8, 4) is 11.5 Å². The topological polar surface area (TPSA) is 114 Å². The van der Waals surface area contributed by atoms with Crippen LogP contribution in [0, 0.1) is 10.1 Å². The summed E-state index contributed by atoms with van der Waals surface area (Å²) in [4.78, 5) is 10.3. The van der Waals surface area contributed by atoms with E-state index in [1.54, 1.807) is 0 Å². The van der Waals surface area contributed by atoms with Crippen molar-refractivity contribution >= 4 is 5.69 Å². The summed E-state index contributed by atoms with van der Waals surface area (Å²) < 4.78 is 10.2. The Kier molecular flexibility index (Phi) is 2.63. The van der Waals surface area contributed by atoms with Crippen LogP contribution in [-0.2, 0) is 0 Å². The lowest BCUT2D eigenvalue weighted by Crippen LogP contribution is -2.21. The molecule has 7 heteroatoms. The maximum absolute atomic E-state index is 10.9. The summed E-state index contributed by atoms with van der Waals surface area (Å²) in [7, 11) is 0. The highest BCUT2D eigenvalue weighted by Gasteiger charge is 2.25. The molecule has 0 aromatic heterocycles. The van der Waals surface area contributed by atoms with Crippen molar-refractivity contribution in [2.24, 2.45) is 11.5 Å². The molecule has 0 spiro atoms. The molecular formula is C9H11N3O4. The first kappa shape index (κ1) is 10.7. The number of nitro groups is 1. The van der Waals surface area contributed by atoms with E-state index in [-0.39, 0.29) is 19.0 Å². The number of nitro benzene ring substituents is 1. The zero-order valence-corrected chi connectivity index (χ0v) is 8.38. The highest BCUT2D eigenvalue weighted by Crippen LogP contribution is 2.39. The third-order valence-electron chi connectivity index (χ3n) is 2.37. The molecule has 0 saturated carbocycles. The molecule has 4 N–H and O–H groups in total. The Hall–Kier alpha value is -1.86. The van der Waals surface area contributed by atoms with Gasteiger partial charge in [-0.1, -0.05) is 0 Å². The second kappa shape index (κ2) is 3.95. The fourth-order valence-corrected chi connectivity index (χ4v) is 1.53. The number of benzene rings is 1. The second-order valence-electron chi connectivity index (χ2n) is 3.36. The van der Waals surface area contributed by atoms with Crippen LogP contribution in [0.15, 0.2) is 12.1 Å². The van der Waals surface area contributed by atoms with Gasteiger partial charge in [0.25, 0.3) is 5.69 Å². The average Bonchev–Trinajstić information content (AvgIpc) is 2.73. The Morgan fingerprint density at radius 3 is 2.62 bits per heavy atom. The summed E-state index contributed by atoms with van der Waals surface area (Å²) in [5.41, 5.74) is 11.4. The SMILES string of the molecule is NC[C@@H](N)c1cc2c(cc1[N+](=O)[O-])OCO2. The molecule has 16 heavy (non-hydrogen) atoms. The Labute approximate surface area is 91.1 Å². The van der Waals surface area contributed by atoms with E-state index in [4.69, 9.17) is 20.9 Å². The van der Waals surface area contributed by atoms with Gasteiger partial charge >= 0.3 is 0 Å². The van der Waals surface area contributed by atoms with Gasteiger partial charge in [0, 0.05) is 12.6 Å². The molecule has 7 nitrogen and oxygen atoms in total. The van der Waals surface area contributed by atoms with Crippen LogP contribution in [0.4, 0.5) is 5.69 Å². The van der Waals surface area contributed by atoms with E-state index >= 15 is 0 Å². The van der Waals surface area contributed by atoms with E-state index in [2.05, 4.69) is 0 Å². The lowest BCUT2D eigenvalue weighted by Gasteiger charge is -2.10. The number of nitrogens with zero attached hydrogens (tertiary/aromatic N) is 1. The maximum atomic E-state index is 10.9. The molecule has 1 aliphatic heterocycles. The number of hydrogen-bond donors (Lipinski definition) is 2. The summed E-state index contributed by atoms with van der Waals surface area (Å²) in [5.74, 6) is 0.823. The number of hydrogen-bond acceptors (Lipinski definition) is 6. The summed E-state index contributed by atoms with van der Waals surface area (Å²) in [6, 6.07) is 2.24. The zero-order valence-electron chi connectivity index (χ0n) is 8.38. The van der Waals surface area contributed by atoms with Crippen LogP contribution in [0.25, 0.3) is 0 Å². The van der Waals surface area contributed by atoms with Gasteiger partial charge in [0.15, 0.2) is 11.5 Å². The van der Waals surface area contributed by atoms with Crippen molar-refractivity contribution in [1.82, 2.24) is 0 Å². The third-order valence-corrected chi connectivity index (χ3v) is 2.37. The number of nitrogens with two attached hydrogens (primary N) is 2. The minimum Gasteiger partial charge on any atom is -0.454 e. The van der Waals surface area contributed by atoms with Crippen molar-refractivity contribution in [2.75, 3.05) is 13.3 Å². The van der Waals surface area contributed by atoms with Crippen molar-refractivity contribution in [1.29, 1.82) is 0 Å². The van der Waals surface area contributed by atoms with Crippen LogP contribution in [0.1, 0.15) is 11.6 Å². The molecule has 2 rings (SSSR count). The molecule has 0 aliphatic carbocycles. The number of rotatable bonds is 3. The van der Waals surface area contributed by atoms with Gasteiger partial charge in [-0.25, -0.2) is 0 Å². The van der Waals surface area contributed by atoms with Crippen LogP contribution >= 0.6 is 0 Å². The average molecular weight is 225 g/mol. The number of ether oxygens (including phenoxy) is 2. The van der Waals surface area contributed by atoms with Gasteiger partial charge < -0.3 is 20.9 Å². The summed E-state index contributed by atoms with van der Waals surface area (Å²) in [6.07, 6.45) is 0. The molecule has 0 unspecified atom stereocenters. The summed E-state index contributed by atoms with van der Waals surface area (Å²) >= 11 is 0. The Morgan fingerprint density at radius 2 is 2.06 bits per heavy atom. The Bertz CT molecular complexity index is 435. The quantitative estimate of drug-likeness (QED) is 0.564. The van der Waals surface area contributed by atoms with Crippen LogP contribution in [0.5, 0.6) is 11.5 Å². The highest BCUT2D eigenvalue weighted by atomic mass is 16.7. The monoisotopic (exact) mass is 225 g/mol. The molecule has 0 bridgehead atoms. The van der Waals surface area contributed by atoms with Gasteiger partial charge in [-0.2, -0.15) is 0 Å². The van der Waals surface area contributed by atoms with Crippen molar-refractivity contribution in [2.45, 2.75) is 6.04 Å². The van der Waals surface area contributed by atoms with E-state index in [1.807, 2.05) is 0 Å². The first-order chi connectivity index (χ1) is 7.63.